The fourth-order valence-corrected chi connectivity index (χ4v) is 1.29. The zero-order valence-corrected chi connectivity index (χ0v) is 10.0. The van der Waals surface area contributed by atoms with Crippen LogP contribution < -0.4 is 9.47 Å². The standard InChI is InChI=1S/C13H12F2O4/c1-18-11-8-9(4-2-3-5-12(16)17)6-7-10(11)19-13(14)15/h2-8,13H,1H3,(H,16,17). The molecule has 0 radical (unpaired) electrons. The summed E-state index contributed by atoms with van der Waals surface area (Å²) in [5.41, 5.74) is 0.661. The van der Waals surface area contributed by atoms with Crippen molar-refractivity contribution in [3.8, 4) is 11.5 Å². The monoisotopic (exact) mass is 270 g/mol. The number of alkyl halides is 2. The van der Waals surface area contributed by atoms with Crippen molar-refractivity contribution < 1.29 is 28.2 Å². The van der Waals surface area contributed by atoms with Gasteiger partial charge in [-0.3, -0.25) is 0 Å². The molecule has 0 aliphatic rings. The fourth-order valence-electron chi connectivity index (χ4n) is 1.29. The average molecular weight is 270 g/mol. The van der Waals surface area contributed by atoms with Gasteiger partial charge in [0.05, 0.1) is 7.11 Å². The maximum absolute atomic E-state index is 12.1. The van der Waals surface area contributed by atoms with Gasteiger partial charge < -0.3 is 14.6 Å². The predicted octanol–water partition coefficient (Wildman–Crippen LogP) is 2.95. The molecule has 0 saturated carbocycles. The van der Waals surface area contributed by atoms with Crippen molar-refractivity contribution in [3.63, 3.8) is 0 Å². The van der Waals surface area contributed by atoms with Crippen molar-refractivity contribution in [2.75, 3.05) is 7.11 Å². The number of rotatable bonds is 6. The van der Waals surface area contributed by atoms with Crippen LogP contribution in [0, 0.1) is 0 Å². The molecule has 0 aromatic heterocycles. The second-order valence-electron chi connectivity index (χ2n) is 3.35. The van der Waals surface area contributed by atoms with Gasteiger partial charge in [0.2, 0.25) is 0 Å². The highest BCUT2D eigenvalue weighted by Crippen LogP contribution is 2.29. The molecule has 19 heavy (non-hydrogen) atoms. The molecule has 0 fully saturated rings. The van der Waals surface area contributed by atoms with Gasteiger partial charge in [0.15, 0.2) is 11.5 Å². The quantitative estimate of drug-likeness (QED) is 0.637. The van der Waals surface area contributed by atoms with Gasteiger partial charge in [-0.25, -0.2) is 4.79 Å². The number of carbonyl (C=O) groups is 1. The Balaban J connectivity index is 2.84. The molecule has 0 bridgehead atoms. The smallest absolute Gasteiger partial charge is 0.387 e. The van der Waals surface area contributed by atoms with Crippen LogP contribution in [-0.2, 0) is 4.79 Å². The summed E-state index contributed by atoms with van der Waals surface area (Å²) in [6, 6.07) is 4.40. The molecule has 1 aromatic carbocycles. The van der Waals surface area contributed by atoms with E-state index in [0.29, 0.717) is 5.56 Å². The molecule has 0 amide bonds. The van der Waals surface area contributed by atoms with E-state index in [1.807, 2.05) is 0 Å². The summed E-state index contributed by atoms with van der Waals surface area (Å²) in [5.74, 6) is -0.941. The first-order valence-corrected chi connectivity index (χ1v) is 5.23. The number of halogens is 2. The van der Waals surface area contributed by atoms with Crippen LogP contribution in [-0.4, -0.2) is 24.8 Å². The molecular weight excluding hydrogens is 258 g/mol. The number of allylic oxidation sites excluding steroid dienone is 2. The molecule has 0 atom stereocenters. The first-order chi connectivity index (χ1) is 9.02. The second-order valence-corrected chi connectivity index (χ2v) is 3.35. The van der Waals surface area contributed by atoms with E-state index in [1.165, 1.54) is 31.4 Å². The van der Waals surface area contributed by atoms with E-state index in [1.54, 1.807) is 12.1 Å². The number of ether oxygens (including phenoxy) is 2. The van der Waals surface area contributed by atoms with Crippen molar-refractivity contribution in [2.24, 2.45) is 0 Å². The molecule has 6 heteroatoms. The average Bonchev–Trinajstić information content (AvgIpc) is 2.35. The van der Waals surface area contributed by atoms with Crippen LogP contribution in [0.2, 0.25) is 0 Å². The number of methoxy groups -OCH3 is 1. The van der Waals surface area contributed by atoms with E-state index < -0.39 is 12.6 Å². The first kappa shape index (κ1) is 14.7. The summed E-state index contributed by atoms with van der Waals surface area (Å²) < 4.78 is 33.4. The molecule has 102 valence electrons. The Hall–Kier alpha value is -2.37. The van der Waals surface area contributed by atoms with Gasteiger partial charge in [0.1, 0.15) is 0 Å². The summed E-state index contributed by atoms with van der Waals surface area (Å²) in [4.78, 5) is 10.2. The van der Waals surface area contributed by atoms with Gasteiger partial charge >= 0.3 is 12.6 Å². The molecule has 1 aromatic rings. The van der Waals surface area contributed by atoms with Gasteiger partial charge in [0, 0.05) is 6.08 Å². The molecule has 0 aliphatic carbocycles. The SMILES string of the molecule is COc1cc(C=CC=CC(=O)O)ccc1OC(F)F. The number of hydrogen-bond donors (Lipinski definition) is 1. The summed E-state index contributed by atoms with van der Waals surface area (Å²) in [7, 11) is 1.34. The zero-order valence-electron chi connectivity index (χ0n) is 10.0. The Morgan fingerprint density at radius 1 is 1.32 bits per heavy atom. The Morgan fingerprint density at radius 3 is 2.63 bits per heavy atom. The lowest BCUT2D eigenvalue weighted by Gasteiger charge is -2.10. The Kier molecular flexibility index (Phi) is 5.53. The van der Waals surface area contributed by atoms with Crippen molar-refractivity contribution >= 4 is 12.0 Å². The van der Waals surface area contributed by atoms with Gasteiger partial charge in [-0.05, 0) is 17.7 Å². The molecule has 0 aliphatic heterocycles. The maximum Gasteiger partial charge on any atom is 0.387 e. The highest BCUT2D eigenvalue weighted by Gasteiger charge is 2.10. The van der Waals surface area contributed by atoms with Crippen LogP contribution in [0.15, 0.2) is 36.4 Å². The highest BCUT2D eigenvalue weighted by molar-refractivity contribution is 5.80. The van der Waals surface area contributed by atoms with Gasteiger partial charge in [-0.1, -0.05) is 24.3 Å². The zero-order chi connectivity index (χ0) is 14.3. The highest BCUT2D eigenvalue weighted by atomic mass is 19.3. The molecule has 1 rings (SSSR count). The van der Waals surface area contributed by atoms with E-state index >= 15 is 0 Å². The van der Waals surface area contributed by atoms with Crippen LogP contribution in [0.4, 0.5) is 8.78 Å². The van der Waals surface area contributed by atoms with E-state index in [-0.39, 0.29) is 11.5 Å². The van der Waals surface area contributed by atoms with E-state index in [0.717, 1.165) is 6.08 Å². The van der Waals surface area contributed by atoms with Crippen LogP contribution in [0.25, 0.3) is 6.08 Å². The summed E-state index contributed by atoms with van der Waals surface area (Å²) in [5, 5.41) is 8.38. The van der Waals surface area contributed by atoms with E-state index in [9.17, 15) is 13.6 Å². The van der Waals surface area contributed by atoms with Crippen LogP contribution >= 0.6 is 0 Å². The Labute approximate surface area is 108 Å². The van der Waals surface area contributed by atoms with Crippen molar-refractivity contribution in [1.29, 1.82) is 0 Å². The Bertz CT molecular complexity index is 495. The lowest BCUT2D eigenvalue weighted by Crippen LogP contribution is -2.03. The minimum atomic E-state index is -2.92. The first-order valence-electron chi connectivity index (χ1n) is 5.23. The molecular formula is C13H12F2O4. The topological polar surface area (TPSA) is 55.8 Å². The van der Waals surface area contributed by atoms with Crippen LogP contribution in [0.1, 0.15) is 5.56 Å². The van der Waals surface area contributed by atoms with Crippen molar-refractivity contribution in [3.05, 3.63) is 42.0 Å². The molecule has 4 nitrogen and oxygen atoms in total. The number of carboxylic acid groups (broad SMARTS) is 1. The molecule has 0 saturated heterocycles. The third-order valence-corrected chi connectivity index (χ3v) is 2.04. The number of carboxylic acids is 1. The lowest BCUT2D eigenvalue weighted by atomic mass is 10.2. The minimum Gasteiger partial charge on any atom is -0.493 e. The van der Waals surface area contributed by atoms with E-state index in [4.69, 9.17) is 9.84 Å². The maximum atomic E-state index is 12.1. The number of hydrogen-bond acceptors (Lipinski definition) is 3. The van der Waals surface area contributed by atoms with Gasteiger partial charge in [-0.15, -0.1) is 0 Å². The Morgan fingerprint density at radius 2 is 2.05 bits per heavy atom. The predicted molar refractivity (Wildman–Crippen MR) is 65.4 cm³/mol. The van der Waals surface area contributed by atoms with Crippen molar-refractivity contribution in [2.45, 2.75) is 6.61 Å². The van der Waals surface area contributed by atoms with Gasteiger partial charge in [0.25, 0.3) is 0 Å². The molecule has 0 heterocycles. The lowest BCUT2D eigenvalue weighted by molar-refractivity contribution is -0.131. The van der Waals surface area contributed by atoms with E-state index in [2.05, 4.69) is 4.74 Å². The fraction of sp³-hybridized carbons (Fsp3) is 0.154. The summed E-state index contributed by atoms with van der Waals surface area (Å²) in [6.07, 6.45) is 5.44. The normalized spacial score (nSPS) is 11.4. The van der Waals surface area contributed by atoms with Gasteiger partial charge in [-0.2, -0.15) is 8.78 Å². The third-order valence-electron chi connectivity index (χ3n) is 2.04. The largest absolute Gasteiger partial charge is 0.493 e. The molecule has 0 unspecified atom stereocenters. The third kappa shape index (κ3) is 5.20. The van der Waals surface area contributed by atoms with Crippen LogP contribution in [0.3, 0.4) is 0 Å². The number of benzene rings is 1. The summed E-state index contributed by atoms with van der Waals surface area (Å²) in [6.45, 7) is -2.92. The second kappa shape index (κ2) is 7.15. The van der Waals surface area contributed by atoms with Crippen LogP contribution in [0.5, 0.6) is 11.5 Å². The molecule has 1 N–H and O–H groups in total. The summed E-state index contributed by atoms with van der Waals surface area (Å²) >= 11 is 0. The molecule has 0 spiro atoms. The van der Waals surface area contributed by atoms with Crippen molar-refractivity contribution in [1.82, 2.24) is 0 Å². The minimum absolute atomic E-state index is 0.0595. The number of aliphatic carboxylic acids is 1.